The average molecular weight is 268 g/mol. The molecular formula is C13H15ClFN3. The lowest BCUT2D eigenvalue weighted by atomic mass is 10.2. The Morgan fingerprint density at radius 2 is 2.17 bits per heavy atom. The van der Waals surface area contributed by atoms with Crippen molar-refractivity contribution < 1.29 is 4.39 Å². The number of anilines is 1. The van der Waals surface area contributed by atoms with Gasteiger partial charge in [-0.3, -0.25) is 4.57 Å². The van der Waals surface area contributed by atoms with Crippen LogP contribution in [-0.4, -0.2) is 16.1 Å². The van der Waals surface area contributed by atoms with E-state index in [9.17, 15) is 4.39 Å². The summed E-state index contributed by atoms with van der Waals surface area (Å²) in [6, 6.07) is 4.41. The molecule has 1 aromatic carbocycles. The number of halogens is 2. The van der Waals surface area contributed by atoms with Crippen LogP contribution in [0.5, 0.6) is 0 Å². The quantitative estimate of drug-likeness (QED) is 0.915. The van der Waals surface area contributed by atoms with E-state index >= 15 is 0 Å². The van der Waals surface area contributed by atoms with E-state index in [1.807, 2.05) is 0 Å². The number of hydrogen-bond acceptors (Lipinski definition) is 2. The minimum Gasteiger partial charge on any atom is -0.355 e. The number of rotatable bonds is 4. The van der Waals surface area contributed by atoms with Crippen molar-refractivity contribution in [2.75, 3.05) is 11.9 Å². The SMILES string of the molecule is CC(C)CNc1nccn1-c1cc(F)cc(Cl)c1. The van der Waals surface area contributed by atoms with Crippen LogP contribution in [-0.2, 0) is 0 Å². The minimum absolute atomic E-state index is 0.360. The van der Waals surface area contributed by atoms with E-state index in [2.05, 4.69) is 24.1 Å². The molecule has 96 valence electrons. The summed E-state index contributed by atoms with van der Waals surface area (Å²) >= 11 is 5.85. The first kappa shape index (κ1) is 12.9. The molecule has 1 N–H and O–H groups in total. The molecular weight excluding hydrogens is 253 g/mol. The molecule has 2 rings (SSSR count). The molecule has 0 fully saturated rings. The number of nitrogens with zero attached hydrogens (tertiary/aromatic N) is 2. The number of aromatic nitrogens is 2. The van der Waals surface area contributed by atoms with E-state index in [1.165, 1.54) is 12.1 Å². The summed E-state index contributed by atoms with van der Waals surface area (Å²) in [7, 11) is 0. The maximum atomic E-state index is 13.3. The van der Waals surface area contributed by atoms with Gasteiger partial charge in [-0.1, -0.05) is 25.4 Å². The van der Waals surface area contributed by atoms with Crippen molar-refractivity contribution in [3.63, 3.8) is 0 Å². The molecule has 1 heterocycles. The maximum absolute atomic E-state index is 13.3. The van der Waals surface area contributed by atoms with Crippen molar-refractivity contribution in [2.24, 2.45) is 5.92 Å². The van der Waals surface area contributed by atoms with Crippen LogP contribution in [0.3, 0.4) is 0 Å². The second-order valence-electron chi connectivity index (χ2n) is 4.52. The Balaban J connectivity index is 2.30. The molecule has 0 unspecified atom stereocenters. The predicted octanol–water partition coefficient (Wildman–Crippen LogP) is 3.73. The molecule has 0 atom stereocenters. The fourth-order valence-corrected chi connectivity index (χ4v) is 1.83. The summed E-state index contributed by atoms with van der Waals surface area (Å²) in [6.07, 6.45) is 3.44. The molecule has 0 radical (unpaired) electrons. The monoisotopic (exact) mass is 267 g/mol. The Hall–Kier alpha value is -1.55. The highest BCUT2D eigenvalue weighted by Gasteiger charge is 2.07. The van der Waals surface area contributed by atoms with Crippen molar-refractivity contribution >= 4 is 17.5 Å². The Bertz CT molecular complexity index is 517. The highest BCUT2D eigenvalue weighted by atomic mass is 35.5. The van der Waals surface area contributed by atoms with Gasteiger partial charge in [-0.2, -0.15) is 0 Å². The van der Waals surface area contributed by atoms with Crippen molar-refractivity contribution in [3.8, 4) is 5.69 Å². The van der Waals surface area contributed by atoms with E-state index in [0.29, 0.717) is 22.6 Å². The van der Waals surface area contributed by atoms with Gasteiger partial charge in [0, 0.05) is 24.0 Å². The van der Waals surface area contributed by atoms with Gasteiger partial charge in [0.1, 0.15) is 5.82 Å². The molecule has 1 aromatic heterocycles. The number of nitrogens with one attached hydrogen (secondary N) is 1. The first-order chi connectivity index (χ1) is 8.56. The summed E-state index contributed by atoms with van der Waals surface area (Å²) in [5, 5.41) is 3.59. The Kier molecular flexibility index (Phi) is 3.87. The highest BCUT2D eigenvalue weighted by molar-refractivity contribution is 6.30. The Labute approximate surface area is 111 Å². The van der Waals surface area contributed by atoms with Gasteiger partial charge in [-0.15, -0.1) is 0 Å². The fraction of sp³-hybridized carbons (Fsp3) is 0.308. The predicted molar refractivity (Wildman–Crippen MR) is 71.9 cm³/mol. The van der Waals surface area contributed by atoms with Gasteiger partial charge < -0.3 is 5.32 Å². The highest BCUT2D eigenvalue weighted by Crippen LogP contribution is 2.20. The van der Waals surface area contributed by atoms with Crippen LogP contribution >= 0.6 is 11.6 Å². The summed E-state index contributed by atoms with van der Waals surface area (Å²) in [4.78, 5) is 4.21. The summed E-state index contributed by atoms with van der Waals surface area (Å²) in [6.45, 7) is 5.03. The summed E-state index contributed by atoms with van der Waals surface area (Å²) in [5.41, 5.74) is 0.656. The topological polar surface area (TPSA) is 29.9 Å². The molecule has 5 heteroatoms. The van der Waals surface area contributed by atoms with Crippen molar-refractivity contribution in [2.45, 2.75) is 13.8 Å². The third kappa shape index (κ3) is 3.01. The molecule has 0 bridgehead atoms. The second-order valence-corrected chi connectivity index (χ2v) is 4.96. The number of hydrogen-bond donors (Lipinski definition) is 1. The molecule has 0 amide bonds. The van der Waals surface area contributed by atoms with Crippen LogP contribution < -0.4 is 5.32 Å². The first-order valence-electron chi connectivity index (χ1n) is 5.80. The molecule has 0 aliphatic rings. The Morgan fingerprint density at radius 1 is 1.39 bits per heavy atom. The van der Waals surface area contributed by atoms with Gasteiger partial charge in [-0.05, 0) is 24.1 Å². The van der Waals surface area contributed by atoms with Gasteiger partial charge in [0.25, 0.3) is 0 Å². The zero-order valence-corrected chi connectivity index (χ0v) is 11.1. The van der Waals surface area contributed by atoms with E-state index in [4.69, 9.17) is 11.6 Å². The van der Waals surface area contributed by atoms with E-state index < -0.39 is 0 Å². The molecule has 0 saturated heterocycles. The first-order valence-corrected chi connectivity index (χ1v) is 6.18. The molecule has 0 saturated carbocycles. The molecule has 2 aromatic rings. The smallest absolute Gasteiger partial charge is 0.207 e. The van der Waals surface area contributed by atoms with Gasteiger partial charge in [0.2, 0.25) is 5.95 Å². The Morgan fingerprint density at radius 3 is 2.83 bits per heavy atom. The van der Waals surface area contributed by atoms with E-state index in [1.54, 1.807) is 23.0 Å². The van der Waals surface area contributed by atoms with Crippen molar-refractivity contribution in [3.05, 3.63) is 41.4 Å². The van der Waals surface area contributed by atoms with Crippen LogP contribution in [0.4, 0.5) is 10.3 Å². The zero-order chi connectivity index (χ0) is 13.1. The number of benzene rings is 1. The maximum Gasteiger partial charge on any atom is 0.207 e. The van der Waals surface area contributed by atoms with Gasteiger partial charge >= 0.3 is 0 Å². The molecule has 18 heavy (non-hydrogen) atoms. The van der Waals surface area contributed by atoms with Gasteiger partial charge in [0.15, 0.2) is 0 Å². The molecule has 0 aliphatic carbocycles. The summed E-state index contributed by atoms with van der Waals surface area (Å²) in [5.74, 6) is 0.831. The molecule has 0 spiro atoms. The minimum atomic E-state index is -0.360. The lowest BCUT2D eigenvalue weighted by molar-refractivity contribution is 0.626. The third-order valence-corrected chi connectivity index (χ3v) is 2.65. The number of imidazole rings is 1. The van der Waals surface area contributed by atoms with Crippen LogP contribution in [0.25, 0.3) is 5.69 Å². The van der Waals surface area contributed by atoms with Crippen LogP contribution in [0.15, 0.2) is 30.6 Å². The largest absolute Gasteiger partial charge is 0.355 e. The lowest BCUT2D eigenvalue weighted by Gasteiger charge is -2.11. The normalized spacial score (nSPS) is 10.9. The van der Waals surface area contributed by atoms with Gasteiger partial charge in [-0.25, -0.2) is 9.37 Å². The lowest BCUT2D eigenvalue weighted by Crippen LogP contribution is -2.12. The average Bonchev–Trinajstić information content (AvgIpc) is 2.72. The summed E-state index contributed by atoms with van der Waals surface area (Å²) < 4.78 is 15.1. The fourth-order valence-electron chi connectivity index (χ4n) is 1.62. The zero-order valence-electron chi connectivity index (χ0n) is 10.3. The van der Waals surface area contributed by atoms with Crippen LogP contribution in [0.2, 0.25) is 5.02 Å². The van der Waals surface area contributed by atoms with E-state index in [0.717, 1.165) is 6.54 Å². The third-order valence-electron chi connectivity index (χ3n) is 2.43. The second kappa shape index (κ2) is 5.40. The van der Waals surface area contributed by atoms with Crippen molar-refractivity contribution in [1.29, 1.82) is 0 Å². The molecule has 3 nitrogen and oxygen atoms in total. The van der Waals surface area contributed by atoms with E-state index in [-0.39, 0.29) is 5.82 Å². The van der Waals surface area contributed by atoms with Crippen LogP contribution in [0.1, 0.15) is 13.8 Å². The van der Waals surface area contributed by atoms with Gasteiger partial charge in [0.05, 0.1) is 5.69 Å². The standard InChI is InChI=1S/C13H15ClFN3/c1-9(2)8-17-13-16-3-4-18(13)12-6-10(14)5-11(15)7-12/h3-7,9H,8H2,1-2H3,(H,16,17). The van der Waals surface area contributed by atoms with Crippen molar-refractivity contribution in [1.82, 2.24) is 9.55 Å². The molecule has 0 aliphatic heterocycles. The van der Waals surface area contributed by atoms with Crippen LogP contribution in [0, 0.1) is 11.7 Å².